The molecule has 0 atom stereocenters. The van der Waals surface area contributed by atoms with Crippen molar-refractivity contribution in [2.45, 2.75) is 20.3 Å². The molecule has 0 radical (unpaired) electrons. The molecule has 0 unspecified atom stereocenters. The van der Waals surface area contributed by atoms with Gasteiger partial charge in [-0.25, -0.2) is 0 Å². The second kappa shape index (κ2) is 6.28. The second-order valence-corrected chi connectivity index (χ2v) is 3.60. The predicted molar refractivity (Wildman–Crippen MR) is 49.0 cm³/mol. The summed E-state index contributed by atoms with van der Waals surface area (Å²) in [4.78, 5) is 10.2. The zero-order valence-corrected chi connectivity index (χ0v) is 7.78. The number of carboxylic acid groups (broad SMARTS) is 1. The van der Waals surface area contributed by atoms with Gasteiger partial charge in [-0.15, -0.1) is 0 Å². The quantitative estimate of drug-likeness (QED) is 0.512. The summed E-state index contributed by atoms with van der Waals surface area (Å²) in [5.41, 5.74) is 0.943. The molecule has 0 aliphatic rings. The van der Waals surface area contributed by atoms with Crippen molar-refractivity contribution >= 4 is 17.7 Å². The van der Waals surface area contributed by atoms with Crippen molar-refractivity contribution in [3.05, 3.63) is 11.6 Å². The van der Waals surface area contributed by atoms with Crippen LogP contribution >= 0.6 is 11.8 Å². The summed E-state index contributed by atoms with van der Waals surface area (Å²) in [6.45, 7) is 3.94. The molecule has 11 heavy (non-hydrogen) atoms. The van der Waals surface area contributed by atoms with E-state index in [0.717, 1.165) is 17.1 Å². The fourth-order valence-corrected chi connectivity index (χ4v) is 1.27. The highest BCUT2D eigenvalue weighted by Gasteiger charge is 1.96. The molecule has 3 heteroatoms. The third-order valence-corrected chi connectivity index (χ3v) is 1.99. The van der Waals surface area contributed by atoms with Crippen molar-refractivity contribution in [2.24, 2.45) is 0 Å². The van der Waals surface area contributed by atoms with Gasteiger partial charge in [0.2, 0.25) is 0 Å². The minimum absolute atomic E-state index is 0.171. The molecule has 1 N–H and O–H groups in total. The van der Waals surface area contributed by atoms with E-state index in [1.807, 2.05) is 13.0 Å². The Bertz CT molecular complexity index is 152. The first kappa shape index (κ1) is 10.6. The van der Waals surface area contributed by atoms with Crippen LogP contribution in [0, 0.1) is 0 Å². The Morgan fingerprint density at radius 3 is 2.73 bits per heavy atom. The normalized spacial score (nSPS) is 11.6. The molecule has 0 saturated carbocycles. The first-order valence-electron chi connectivity index (χ1n) is 3.62. The third kappa shape index (κ3) is 7.46. The molecule has 0 amide bonds. The van der Waals surface area contributed by atoms with Crippen LogP contribution in [0.15, 0.2) is 11.6 Å². The fraction of sp³-hybridized carbons (Fsp3) is 0.625. The van der Waals surface area contributed by atoms with Gasteiger partial charge in [-0.1, -0.05) is 18.6 Å². The largest absolute Gasteiger partial charge is 0.481 e. The Balaban J connectivity index is 3.54. The molecular formula is C8H14O2S. The number of hydrogen-bond donors (Lipinski definition) is 1. The maximum atomic E-state index is 10.2. The van der Waals surface area contributed by atoms with Crippen LogP contribution in [0.1, 0.15) is 20.3 Å². The van der Waals surface area contributed by atoms with E-state index in [2.05, 4.69) is 6.92 Å². The van der Waals surface area contributed by atoms with Crippen molar-refractivity contribution in [2.75, 3.05) is 11.5 Å². The highest BCUT2D eigenvalue weighted by atomic mass is 32.2. The number of thioether (sulfide) groups is 1. The molecule has 0 saturated heterocycles. The van der Waals surface area contributed by atoms with Crippen molar-refractivity contribution in [3.63, 3.8) is 0 Å². The average Bonchev–Trinajstić information content (AvgIpc) is 1.86. The predicted octanol–water partition coefficient (Wildman–Crippen LogP) is 2.16. The topological polar surface area (TPSA) is 37.3 Å². The van der Waals surface area contributed by atoms with Crippen LogP contribution < -0.4 is 0 Å². The zero-order valence-electron chi connectivity index (χ0n) is 6.96. The average molecular weight is 174 g/mol. The number of rotatable bonds is 5. The molecule has 0 aromatic carbocycles. The Morgan fingerprint density at radius 1 is 1.64 bits per heavy atom. The van der Waals surface area contributed by atoms with Crippen LogP contribution in [-0.2, 0) is 4.79 Å². The van der Waals surface area contributed by atoms with Crippen molar-refractivity contribution in [1.29, 1.82) is 0 Å². The van der Waals surface area contributed by atoms with Gasteiger partial charge < -0.3 is 5.11 Å². The van der Waals surface area contributed by atoms with Gasteiger partial charge in [0, 0.05) is 5.75 Å². The number of aliphatic carboxylic acids is 1. The molecule has 0 aliphatic carbocycles. The SMILES string of the molecule is CCSC/C=C(/C)CC(=O)O. The van der Waals surface area contributed by atoms with E-state index in [1.54, 1.807) is 11.8 Å². The Labute approximate surface area is 71.7 Å². The summed E-state index contributed by atoms with van der Waals surface area (Å²) in [5, 5.41) is 8.39. The van der Waals surface area contributed by atoms with Gasteiger partial charge in [-0.05, 0) is 12.7 Å². The number of carboxylic acids is 1. The van der Waals surface area contributed by atoms with E-state index in [-0.39, 0.29) is 6.42 Å². The monoisotopic (exact) mass is 174 g/mol. The van der Waals surface area contributed by atoms with Crippen molar-refractivity contribution in [3.8, 4) is 0 Å². The summed E-state index contributed by atoms with van der Waals surface area (Å²) in [6.07, 6.45) is 2.15. The molecule has 64 valence electrons. The molecule has 0 spiro atoms. The number of hydrogen-bond acceptors (Lipinski definition) is 2. The van der Waals surface area contributed by atoms with Gasteiger partial charge in [0.15, 0.2) is 0 Å². The van der Waals surface area contributed by atoms with Crippen LogP contribution in [0.5, 0.6) is 0 Å². The van der Waals surface area contributed by atoms with E-state index in [9.17, 15) is 4.79 Å². The summed E-state index contributed by atoms with van der Waals surface area (Å²) >= 11 is 1.79. The van der Waals surface area contributed by atoms with E-state index in [4.69, 9.17) is 5.11 Å². The van der Waals surface area contributed by atoms with Gasteiger partial charge in [-0.3, -0.25) is 4.79 Å². The fourth-order valence-electron chi connectivity index (χ4n) is 0.630. The molecule has 0 bridgehead atoms. The van der Waals surface area contributed by atoms with Crippen LogP contribution in [0.25, 0.3) is 0 Å². The molecule has 0 aromatic rings. The molecule has 0 fully saturated rings. The van der Waals surface area contributed by atoms with Crippen LogP contribution in [0.3, 0.4) is 0 Å². The molecule has 0 rings (SSSR count). The number of carbonyl (C=O) groups is 1. The standard InChI is InChI=1S/C8H14O2S/c1-3-11-5-4-7(2)6-8(9)10/h4H,3,5-6H2,1-2H3,(H,9,10)/b7-4-. The summed E-state index contributed by atoms with van der Waals surface area (Å²) < 4.78 is 0. The lowest BCUT2D eigenvalue weighted by Crippen LogP contribution is -1.94. The van der Waals surface area contributed by atoms with Gasteiger partial charge in [0.1, 0.15) is 0 Å². The van der Waals surface area contributed by atoms with Crippen molar-refractivity contribution < 1.29 is 9.90 Å². The summed E-state index contributed by atoms with van der Waals surface area (Å²) in [5.74, 6) is 1.26. The molecule has 0 aliphatic heterocycles. The van der Waals surface area contributed by atoms with Crippen LogP contribution in [0.4, 0.5) is 0 Å². The lowest BCUT2D eigenvalue weighted by atomic mass is 10.2. The second-order valence-electron chi connectivity index (χ2n) is 2.28. The van der Waals surface area contributed by atoms with Crippen molar-refractivity contribution in [1.82, 2.24) is 0 Å². The van der Waals surface area contributed by atoms with Gasteiger partial charge in [0.25, 0.3) is 0 Å². The smallest absolute Gasteiger partial charge is 0.307 e. The van der Waals surface area contributed by atoms with E-state index in [0.29, 0.717) is 0 Å². The van der Waals surface area contributed by atoms with Gasteiger partial charge in [-0.2, -0.15) is 11.8 Å². The first-order valence-corrected chi connectivity index (χ1v) is 4.77. The minimum atomic E-state index is -0.750. The van der Waals surface area contributed by atoms with E-state index >= 15 is 0 Å². The highest BCUT2D eigenvalue weighted by Crippen LogP contribution is 2.04. The summed E-state index contributed by atoms with van der Waals surface area (Å²) in [7, 11) is 0. The lowest BCUT2D eigenvalue weighted by Gasteiger charge is -1.95. The third-order valence-electron chi connectivity index (χ3n) is 1.18. The van der Waals surface area contributed by atoms with Crippen LogP contribution in [-0.4, -0.2) is 22.6 Å². The first-order chi connectivity index (χ1) is 5.16. The minimum Gasteiger partial charge on any atom is -0.481 e. The Morgan fingerprint density at radius 2 is 2.27 bits per heavy atom. The van der Waals surface area contributed by atoms with Crippen LogP contribution in [0.2, 0.25) is 0 Å². The molecule has 0 heterocycles. The molecular weight excluding hydrogens is 160 g/mol. The maximum absolute atomic E-state index is 10.2. The van der Waals surface area contributed by atoms with E-state index < -0.39 is 5.97 Å². The zero-order chi connectivity index (χ0) is 8.69. The summed E-state index contributed by atoms with van der Waals surface area (Å²) in [6, 6.07) is 0. The lowest BCUT2D eigenvalue weighted by molar-refractivity contribution is -0.136. The Hall–Kier alpha value is -0.440. The maximum Gasteiger partial charge on any atom is 0.307 e. The van der Waals surface area contributed by atoms with E-state index in [1.165, 1.54) is 0 Å². The Kier molecular flexibility index (Phi) is 6.03. The highest BCUT2D eigenvalue weighted by molar-refractivity contribution is 7.99. The van der Waals surface area contributed by atoms with Gasteiger partial charge >= 0.3 is 5.97 Å². The molecule has 2 nitrogen and oxygen atoms in total. The van der Waals surface area contributed by atoms with Gasteiger partial charge in [0.05, 0.1) is 6.42 Å². The molecule has 0 aromatic heterocycles.